The van der Waals surface area contributed by atoms with Gasteiger partial charge in [0.15, 0.2) is 0 Å². The van der Waals surface area contributed by atoms with Crippen LogP contribution in [0, 0.1) is 0 Å². The summed E-state index contributed by atoms with van der Waals surface area (Å²) in [6.07, 6.45) is 3.72. The smallest absolute Gasteiger partial charge is 0.144 e. The van der Waals surface area contributed by atoms with Gasteiger partial charge in [-0.2, -0.15) is 0 Å². The second kappa shape index (κ2) is 5.92. The van der Waals surface area contributed by atoms with Gasteiger partial charge in [-0.25, -0.2) is 0 Å². The zero-order chi connectivity index (χ0) is 13.9. The van der Waals surface area contributed by atoms with Crippen molar-refractivity contribution in [2.24, 2.45) is 0 Å². The van der Waals surface area contributed by atoms with E-state index in [1.807, 2.05) is 30.3 Å². The van der Waals surface area contributed by atoms with Gasteiger partial charge in [0, 0.05) is 16.8 Å². The largest absolute Gasteiger partial charge is 0.299 e. The molecule has 1 aliphatic rings. The van der Waals surface area contributed by atoms with Crippen molar-refractivity contribution in [3.05, 3.63) is 69.7 Å². The molecule has 1 nitrogen and oxygen atoms in total. The van der Waals surface area contributed by atoms with Crippen molar-refractivity contribution in [3.8, 4) is 0 Å². The van der Waals surface area contributed by atoms with Crippen LogP contribution in [0.2, 0.25) is 0 Å². The molecular weight excluding hydrogens is 312 g/mol. The lowest BCUT2D eigenvalue weighted by molar-refractivity contribution is -0.120. The van der Waals surface area contributed by atoms with Crippen molar-refractivity contribution < 1.29 is 4.79 Å². The highest BCUT2D eigenvalue weighted by molar-refractivity contribution is 9.10. The van der Waals surface area contributed by atoms with Crippen LogP contribution in [-0.4, -0.2) is 5.78 Å². The molecule has 1 unspecified atom stereocenters. The molecule has 0 spiro atoms. The van der Waals surface area contributed by atoms with Gasteiger partial charge in [-0.15, -0.1) is 0 Å². The number of halogens is 1. The van der Waals surface area contributed by atoms with E-state index in [4.69, 9.17) is 0 Å². The second-order valence-corrected chi connectivity index (χ2v) is 6.23. The highest BCUT2D eigenvalue weighted by Gasteiger charge is 2.26. The average Bonchev–Trinajstić information content (AvgIpc) is 2.49. The number of fused-ring (bicyclic) bond motifs is 1. The second-order valence-electron chi connectivity index (χ2n) is 5.38. The van der Waals surface area contributed by atoms with Gasteiger partial charge < -0.3 is 0 Å². The Labute approximate surface area is 128 Å². The van der Waals surface area contributed by atoms with E-state index in [0.717, 1.165) is 29.3 Å². The number of ketones is 1. The van der Waals surface area contributed by atoms with Crippen molar-refractivity contribution in [1.29, 1.82) is 0 Å². The van der Waals surface area contributed by atoms with E-state index in [2.05, 4.69) is 34.1 Å². The fourth-order valence-corrected chi connectivity index (χ4v) is 3.47. The van der Waals surface area contributed by atoms with Gasteiger partial charge >= 0.3 is 0 Å². The summed E-state index contributed by atoms with van der Waals surface area (Å²) in [5, 5.41) is 0. The molecule has 3 rings (SSSR count). The van der Waals surface area contributed by atoms with Crippen LogP contribution in [0.5, 0.6) is 0 Å². The maximum Gasteiger partial charge on any atom is 0.144 e. The monoisotopic (exact) mass is 328 g/mol. The van der Waals surface area contributed by atoms with Crippen LogP contribution in [0.1, 0.15) is 35.4 Å². The third-order valence-electron chi connectivity index (χ3n) is 4.08. The Morgan fingerprint density at radius 2 is 1.85 bits per heavy atom. The Bertz CT molecular complexity index is 633. The van der Waals surface area contributed by atoms with Crippen LogP contribution in [-0.2, 0) is 17.6 Å². The van der Waals surface area contributed by atoms with E-state index in [-0.39, 0.29) is 5.92 Å². The Kier molecular flexibility index (Phi) is 4.02. The molecule has 2 aromatic carbocycles. The first-order valence-electron chi connectivity index (χ1n) is 7.09. The Balaban J connectivity index is 1.84. The number of benzene rings is 2. The SMILES string of the molecule is O=C(Cc1ccccc1Br)C1CCCc2ccccc21. The molecule has 20 heavy (non-hydrogen) atoms. The number of Topliss-reactive ketones (excluding diaryl/α,β-unsaturated/α-hetero) is 1. The summed E-state index contributed by atoms with van der Waals surface area (Å²) in [5.41, 5.74) is 3.68. The fraction of sp³-hybridized carbons (Fsp3) is 0.278. The van der Waals surface area contributed by atoms with Crippen LogP contribution in [0.25, 0.3) is 0 Å². The predicted molar refractivity (Wildman–Crippen MR) is 85.0 cm³/mol. The molecule has 0 N–H and O–H groups in total. The van der Waals surface area contributed by atoms with E-state index in [1.165, 1.54) is 11.1 Å². The molecular formula is C18H17BrO. The Hall–Kier alpha value is -1.41. The average molecular weight is 329 g/mol. The third-order valence-corrected chi connectivity index (χ3v) is 4.85. The van der Waals surface area contributed by atoms with Crippen LogP contribution in [0.3, 0.4) is 0 Å². The number of hydrogen-bond donors (Lipinski definition) is 0. The van der Waals surface area contributed by atoms with Crippen molar-refractivity contribution in [1.82, 2.24) is 0 Å². The lowest BCUT2D eigenvalue weighted by atomic mass is 9.79. The Morgan fingerprint density at radius 1 is 1.10 bits per heavy atom. The van der Waals surface area contributed by atoms with Crippen molar-refractivity contribution >= 4 is 21.7 Å². The van der Waals surface area contributed by atoms with Gasteiger partial charge in [-0.1, -0.05) is 58.4 Å². The molecule has 0 aliphatic heterocycles. The summed E-state index contributed by atoms with van der Waals surface area (Å²) in [7, 11) is 0. The molecule has 102 valence electrons. The van der Waals surface area contributed by atoms with Gasteiger partial charge in [0.05, 0.1) is 0 Å². The van der Waals surface area contributed by atoms with E-state index in [0.29, 0.717) is 12.2 Å². The quantitative estimate of drug-likeness (QED) is 0.799. The maximum absolute atomic E-state index is 12.7. The third kappa shape index (κ3) is 2.71. The van der Waals surface area contributed by atoms with Gasteiger partial charge in [-0.05, 0) is 42.0 Å². The lowest BCUT2D eigenvalue weighted by Crippen LogP contribution is -2.20. The number of rotatable bonds is 3. The van der Waals surface area contributed by atoms with Gasteiger partial charge in [0.1, 0.15) is 5.78 Å². The number of aryl methyl sites for hydroxylation is 1. The van der Waals surface area contributed by atoms with E-state index >= 15 is 0 Å². The summed E-state index contributed by atoms with van der Waals surface area (Å²) in [6, 6.07) is 16.4. The summed E-state index contributed by atoms with van der Waals surface area (Å²) in [5.74, 6) is 0.413. The molecule has 0 amide bonds. The minimum Gasteiger partial charge on any atom is -0.299 e. The molecule has 1 atom stereocenters. The lowest BCUT2D eigenvalue weighted by Gasteiger charge is -2.24. The van der Waals surface area contributed by atoms with E-state index in [1.54, 1.807) is 0 Å². The molecule has 0 saturated carbocycles. The first-order chi connectivity index (χ1) is 9.75. The van der Waals surface area contributed by atoms with Crippen LogP contribution < -0.4 is 0 Å². The molecule has 0 saturated heterocycles. The molecule has 0 aromatic heterocycles. The van der Waals surface area contributed by atoms with Gasteiger partial charge in [-0.3, -0.25) is 4.79 Å². The summed E-state index contributed by atoms with van der Waals surface area (Å²) < 4.78 is 1.03. The fourth-order valence-electron chi connectivity index (χ4n) is 3.04. The zero-order valence-electron chi connectivity index (χ0n) is 11.3. The molecule has 0 radical (unpaired) electrons. The summed E-state index contributed by atoms with van der Waals surface area (Å²) in [6.45, 7) is 0. The first-order valence-corrected chi connectivity index (χ1v) is 7.89. The minimum atomic E-state index is 0.0760. The van der Waals surface area contributed by atoms with Crippen LogP contribution in [0.15, 0.2) is 53.0 Å². The first kappa shape index (κ1) is 13.6. The summed E-state index contributed by atoms with van der Waals surface area (Å²) >= 11 is 3.53. The predicted octanol–water partition coefficient (Wildman–Crippen LogP) is 4.68. The van der Waals surface area contributed by atoms with Gasteiger partial charge in [0.2, 0.25) is 0 Å². The molecule has 2 heteroatoms. The van der Waals surface area contributed by atoms with Crippen molar-refractivity contribution in [2.75, 3.05) is 0 Å². The topological polar surface area (TPSA) is 17.1 Å². The highest BCUT2D eigenvalue weighted by Crippen LogP contribution is 2.33. The number of carbonyl (C=O) groups is 1. The molecule has 0 heterocycles. The van der Waals surface area contributed by atoms with E-state index in [9.17, 15) is 4.79 Å². The normalized spacial score (nSPS) is 17.6. The maximum atomic E-state index is 12.7. The Morgan fingerprint density at radius 3 is 2.70 bits per heavy atom. The van der Waals surface area contributed by atoms with Crippen molar-refractivity contribution in [2.45, 2.75) is 31.6 Å². The number of carbonyl (C=O) groups excluding carboxylic acids is 1. The number of hydrogen-bond acceptors (Lipinski definition) is 1. The molecule has 2 aromatic rings. The molecule has 1 aliphatic carbocycles. The minimum absolute atomic E-state index is 0.0760. The van der Waals surface area contributed by atoms with Crippen molar-refractivity contribution in [3.63, 3.8) is 0 Å². The zero-order valence-corrected chi connectivity index (χ0v) is 12.9. The van der Waals surface area contributed by atoms with E-state index < -0.39 is 0 Å². The van der Waals surface area contributed by atoms with Crippen LogP contribution in [0.4, 0.5) is 0 Å². The van der Waals surface area contributed by atoms with Crippen LogP contribution >= 0.6 is 15.9 Å². The van der Waals surface area contributed by atoms with Gasteiger partial charge in [0.25, 0.3) is 0 Å². The highest BCUT2D eigenvalue weighted by atomic mass is 79.9. The standard InChI is InChI=1S/C18H17BrO/c19-17-11-4-2-7-14(17)12-18(20)16-10-5-8-13-6-1-3-9-15(13)16/h1-4,6-7,9,11,16H,5,8,10,12H2. The molecule has 0 bridgehead atoms. The molecule has 0 fully saturated rings. The summed E-state index contributed by atoms with van der Waals surface area (Å²) in [4.78, 5) is 12.7.